The number of benzene rings is 1. The predicted molar refractivity (Wildman–Crippen MR) is 77.3 cm³/mol. The lowest BCUT2D eigenvalue weighted by Gasteiger charge is -2.07. The number of hydrogen-bond donors (Lipinski definition) is 2. The predicted octanol–water partition coefficient (Wildman–Crippen LogP) is 2.92. The Hall–Kier alpha value is -1.69. The minimum Gasteiger partial charge on any atom is -0.494 e. The SMILES string of the molecule is CCOc1ccc2nc(SC(C(=O)O)C3CC3)[nH]c2c1. The molecule has 1 heterocycles. The van der Waals surface area contributed by atoms with Gasteiger partial charge in [0.25, 0.3) is 0 Å². The smallest absolute Gasteiger partial charge is 0.317 e. The molecule has 1 saturated carbocycles. The van der Waals surface area contributed by atoms with E-state index in [1.54, 1.807) is 0 Å². The van der Waals surface area contributed by atoms with Crippen LogP contribution in [0.1, 0.15) is 19.8 Å². The normalized spacial score (nSPS) is 16.2. The molecule has 1 aromatic heterocycles. The van der Waals surface area contributed by atoms with Crippen LogP contribution in [0.4, 0.5) is 0 Å². The summed E-state index contributed by atoms with van der Waals surface area (Å²) in [7, 11) is 0. The summed E-state index contributed by atoms with van der Waals surface area (Å²) in [5.74, 6) is 0.315. The Morgan fingerprint density at radius 1 is 1.60 bits per heavy atom. The van der Waals surface area contributed by atoms with Crippen LogP contribution in [0.15, 0.2) is 23.4 Å². The number of rotatable bonds is 6. The highest BCUT2D eigenvalue weighted by Crippen LogP contribution is 2.41. The van der Waals surface area contributed by atoms with E-state index in [-0.39, 0.29) is 5.92 Å². The molecule has 0 amide bonds. The van der Waals surface area contributed by atoms with Gasteiger partial charge in [-0.05, 0) is 37.8 Å². The van der Waals surface area contributed by atoms with Crippen molar-refractivity contribution in [3.8, 4) is 5.75 Å². The Bertz CT molecular complexity index is 636. The largest absolute Gasteiger partial charge is 0.494 e. The lowest BCUT2D eigenvalue weighted by Crippen LogP contribution is -2.18. The quantitative estimate of drug-likeness (QED) is 0.801. The second-order valence-electron chi connectivity index (χ2n) is 4.87. The van der Waals surface area contributed by atoms with Crippen LogP contribution in [0.2, 0.25) is 0 Å². The van der Waals surface area contributed by atoms with Gasteiger partial charge < -0.3 is 14.8 Å². The number of carbonyl (C=O) groups is 1. The molecule has 2 aromatic rings. The van der Waals surface area contributed by atoms with Gasteiger partial charge in [0.2, 0.25) is 0 Å². The maximum atomic E-state index is 11.3. The average Bonchev–Trinajstić information content (AvgIpc) is 3.16. The number of thioether (sulfide) groups is 1. The molecule has 6 heteroatoms. The lowest BCUT2D eigenvalue weighted by molar-refractivity contribution is -0.136. The maximum absolute atomic E-state index is 11.3. The van der Waals surface area contributed by atoms with Crippen molar-refractivity contribution in [2.24, 2.45) is 5.92 Å². The first-order valence-corrected chi connectivity index (χ1v) is 7.57. The average molecular weight is 292 g/mol. The van der Waals surface area contributed by atoms with Crippen molar-refractivity contribution in [2.75, 3.05) is 6.61 Å². The molecule has 0 bridgehead atoms. The molecule has 1 aliphatic carbocycles. The van der Waals surface area contributed by atoms with Crippen molar-refractivity contribution >= 4 is 28.8 Å². The van der Waals surface area contributed by atoms with E-state index in [4.69, 9.17) is 4.74 Å². The summed E-state index contributed by atoms with van der Waals surface area (Å²) < 4.78 is 5.44. The number of H-pyrrole nitrogens is 1. The number of ether oxygens (including phenoxy) is 1. The van der Waals surface area contributed by atoms with Crippen LogP contribution in [0.3, 0.4) is 0 Å². The molecule has 1 atom stereocenters. The zero-order valence-electron chi connectivity index (χ0n) is 11.1. The van der Waals surface area contributed by atoms with Gasteiger partial charge in [-0.25, -0.2) is 4.98 Å². The molecule has 3 rings (SSSR count). The monoisotopic (exact) mass is 292 g/mol. The van der Waals surface area contributed by atoms with Gasteiger partial charge in [-0.3, -0.25) is 4.79 Å². The van der Waals surface area contributed by atoms with Crippen molar-refractivity contribution in [3.63, 3.8) is 0 Å². The molecule has 1 fully saturated rings. The molecule has 5 nitrogen and oxygen atoms in total. The molecule has 0 aliphatic heterocycles. The maximum Gasteiger partial charge on any atom is 0.317 e. The number of nitrogens with one attached hydrogen (secondary N) is 1. The van der Waals surface area contributed by atoms with Crippen LogP contribution < -0.4 is 4.74 Å². The van der Waals surface area contributed by atoms with Crippen LogP contribution in [0.25, 0.3) is 11.0 Å². The number of aromatic amines is 1. The van der Waals surface area contributed by atoms with Crippen molar-refractivity contribution in [1.29, 1.82) is 0 Å². The number of nitrogens with zero attached hydrogens (tertiary/aromatic N) is 1. The number of carboxylic acids is 1. The Morgan fingerprint density at radius 2 is 2.40 bits per heavy atom. The zero-order chi connectivity index (χ0) is 14.1. The van der Waals surface area contributed by atoms with Gasteiger partial charge >= 0.3 is 5.97 Å². The highest BCUT2D eigenvalue weighted by Gasteiger charge is 2.37. The van der Waals surface area contributed by atoms with Crippen LogP contribution in [0.5, 0.6) is 5.75 Å². The van der Waals surface area contributed by atoms with Crippen molar-refractivity contribution < 1.29 is 14.6 Å². The van der Waals surface area contributed by atoms with E-state index in [0.29, 0.717) is 11.8 Å². The number of carboxylic acid groups (broad SMARTS) is 1. The fraction of sp³-hybridized carbons (Fsp3) is 0.429. The fourth-order valence-electron chi connectivity index (χ4n) is 2.15. The molecular formula is C14H16N2O3S. The second-order valence-corrected chi connectivity index (χ2v) is 6.00. The number of fused-ring (bicyclic) bond motifs is 1. The summed E-state index contributed by atoms with van der Waals surface area (Å²) >= 11 is 1.31. The first-order valence-electron chi connectivity index (χ1n) is 6.69. The molecule has 0 radical (unpaired) electrons. The minimum absolute atomic E-state index is 0.282. The molecule has 1 aromatic carbocycles. The zero-order valence-corrected chi connectivity index (χ0v) is 11.9. The standard InChI is InChI=1S/C14H16N2O3S/c1-2-19-9-5-6-10-11(7-9)16-14(15-10)20-12(13(17)18)8-3-4-8/h5-8,12H,2-4H2,1H3,(H,15,16)(H,17,18). The molecule has 0 spiro atoms. The van der Waals surface area contributed by atoms with Crippen LogP contribution in [-0.4, -0.2) is 32.9 Å². The second kappa shape index (κ2) is 5.36. The first-order chi connectivity index (χ1) is 9.67. The first kappa shape index (κ1) is 13.3. The number of hydrogen-bond acceptors (Lipinski definition) is 4. The van der Waals surface area contributed by atoms with Crippen molar-refractivity contribution in [3.05, 3.63) is 18.2 Å². The van der Waals surface area contributed by atoms with E-state index in [0.717, 1.165) is 29.6 Å². The van der Waals surface area contributed by atoms with Gasteiger partial charge in [0.05, 0.1) is 17.6 Å². The molecule has 20 heavy (non-hydrogen) atoms. The van der Waals surface area contributed by atoms with E-state index >= 15 is 0 Å². The summed E-state index contributed by atoms with van der Waals surface area (Å²) in [5.41, 5.74) is 1.70. The highest BCUT2D eigenvalue weighted by atomic mass is 32.2. The number of imidazole rings is 1. The van der Waals surface area contributed by atoms with Crippen LogP contribution >= 0.6 is 11.8 Å². The van der Waals surface area contributed by atoms with E-state index in [1.807, 2.05) is 25.1 Å². The third kappa shape index (κ3) is 2.75. The lowest BCUT2D eigenvalue weighted by atomic mass is 10.3. The summed E-state index contributed by atoms with van der Waals surface area (Å²) in [5, 5.41) is 9.51. The third-order valence-corrected chi connectivity index (χ3v) is 4.53. The topological polar surface area (TPSA) is 75.2 Å². The summed E-state index contributed by atoms with van der Waals surface area (Å²) in [4.78, 5) is 18.9. The van der Waals surface area contributed by atoms with E-state index < -0.39 is 11.2 Å². The number of aromatic nitrogens is 2. The van der Waals surface area contributed by atoms with E-state index in [2.05, 4.69) is 9.97 Å². The van der Waals surface area contributed by atoms with Gasteiger partial charge in [-0.1, -0.05) is 11.8 Å². The van der Waals surface area contributed by atoms with E-state index in [1.165, 1.54) is 11.8 Å². The van der Waals surface area contributed by atoms with Gasteiger partial charge in [-0.15, -0.1) is 0 Å². The van der Waals surface area contributed by atoms with Gasteiger partial charge in [-0.2, -0.15) is 0 Å². The summed E-state index contributed by atoms with van der Waals surface area (Å²) in [6, 6.07) is 5.65. The fourth-order valence-corrected chi connectivity index (χ4v) is 3.27. The van der Waals surface area contributed by atoms with Gasteiger partial charge in [0.1, 0.15) is 11.0 Å². The molecule has 1 aliphatic rings. The summed E-state index contributed by atoms with van der Waals surface area (Å²) in [6.07, 6.45) is 2.00. The Morgan fingerprint density at radius 3 is 3.05 bits per heavy atom. The summed E-state index contributed by atoms with van der Waals surface area (Å²) in [6.45, 7) is 2.55. The highest BCUT2D eigenvalue weighted by molar-refractivity contribution is 8.00. The third-order valence-electron chi connectivity index (χ3n) is 3.27. The van der Waals surface area contributed by atoms with Crippen LogP contribution in [0, 0.1) is 5.92 Å². The van der Waals surface area contributed by atoms with Gasteiger partial charge in [0.15, 0.2) is 5.16 Å². The number of aliphatic carboxylic acids is 1. The minimum atomic E-state index is -0.757. The Balaban J connectivity index is 1.82. The van der Waals surface area contributed by atoms with Gasteiger partial charge in [0, 0.05) is 6.07 Å². The van der Waals surface area contributed by atoms with E-state index in [9.17, 15) is 9.90 Å². The van der Waals surface area contributed by atoms with Crippen molar-refractivity contribution in [2.45, 2.75) is 30.2 Å². The molecule has 106 valence electrons. The molecule has 0 saturated heterocycles. The Kier molecular flexibility index (Phi) is 3.56. The molecule has 1 unspecified atom stereocenters. The van der Waals surface area contributed by atoms with Crippen LogP contribution in [-0.2, 0) is 4.79 Å². The molecule has 2 N–H and O–H groups in total. The van der Waals surface area contributed by atoms with Crippen molar-refractivity contribution in [1.82, 2.24) is 9.97 Å². The Labute approximate surface area is 120 Å². The molecular weight excluding hydrogens is 276 g/mol.